The summed E-state index contributed by atoms with van der Waals surface area (Å²) in [6, 6.07) is 0. The first-order chi connectivity index (χ1) is 9.58. The van der Waals surface area contributed by atoms with E-state index in [1.807, 2.05) is 6.92 Å². The zero-order chi connectivity index (χ0) is 14.7. The van der Waals surface area contributed by atoms with Crippen LogP contribution in [0.4, 0.5) is 0 Å². The zero-order valence-electron chi connectivity index (χ0n) is 12.0. The van der Waals surface area contributed by atoms with Crippen LogP contribution >= 0.6 is 0 Å². The molecule has 0 unspecified atom stereocenters. The fourth-order valence-corrected chi connectivity index (χ4v) is 2.27. The lowest BCUT2D eigenvalue weighted by Gasteiger charge is -2.21. The van der Waals surface area contributed by atoms with E-state index in [1.54, 1.807) is 6.92 Å². The maximum absolute atomic E-state index is 12.4. The second-order valence-corrected chi connectivity index (χ2v) is 5.20. The summed E-state index contributed by atoms with van der Waals surface area (Å²) in [7, 11) is 0. The Hall–Kier alpha value is -1.69. The summed E-state index contributed by atoms with van der Waals surface area (Å²) in [5.41, 5.74) is 0.194. The van der Waals surface area contributed by atoms with Gasteiger partial charge in [0.2, 0.25) is 0 Å². The van der Waals surface area contributed by atoms with Gasteiger partial charge in [0.05, 0.1) is 12.3 Å². The van der Waals surface area contributed by atoms with Gasteiger partial charge in [-0.15, -0.1) is 0 Å². The minimum Gasteiger partial charge on any atom is -0.395 e. The number of hydrogen-bond acceptors (Lipinski definition) is 4. The molecule has 110 valence electrons. The number of amides is 1. The Morgan fingerprint density at radius 1 is 1.45 bits per heavy atom. The molecule has 2 N–H and O–H groups in total. The van der Waals surface area contributed by atoms with Gasteiger partial charge in [-0.05, 0) is 26.2 Å². The van der Waals surface area contributed by atoms with Crippen LogP contribution in [0.3, 0.4) is 0 Å². The van der Waals surface area contributed by atoms with Crippen LogP contribution in [0.25, 0.3) is 0 Å². The summed E-state index contributed by atoms with van der Waals surface area (Å²) in [4.78, 5) is 33.1. The molecule has 0 bridgehead atoms. The highest BCUT2D eigenvalue weighted by atomic mass is 16.3. The van der Waals surface area contributed by atoms with Gasteiger partial charge in [0, 0.05) is 19.0 Å². The van der Waals surface area contributed by atoms with Crippen molar-refractivity contribution in [1.82, 2.24) is 14.9 Å². The number of aliphatic hydroxyl groups excluding tert-OH is 1. The van der Waals surface area contributed by atoms with Gasteiger partial charge < -0.3 is 15.0 Å². The molecule has 0 aromatic carbocycles. The van der Waals surface area contributed by atoms with E-state index in [4.69, 9.17) is 5.11 Å². The van der Waals surface area contributed by atoms with Crippen molar-refractivity contribution in [1.29, 1.82) is 0 Å². The third kappa shape index (κ3) is 3.07. The third-order valence-corrected chi connectivity index (χ3v) is 3.45. The second-order valence-electron chi connectivity index (χ2n) is 5.20. The topological polar surface area (TPSA) is 86.3 Å². The molecular formula is C14H21N3O3. The van der Waals surface area contributed by atoms with E-state index < -0.39 is 0 Å². The van der Waals surface area contributed by atoms with Crippen molar-refractivity contribution in [3.8, 4) is 0 Å². The van der Waals surface area contributed by atoms with E-state index in [2.05, 4.69) is 9.97 Å². The number of nitrogens with one attached hydrogen (secondary N) is 1. The molecule has 6 heteroatoms. The molecule has 20 heavy (non-hydrogen) atoms. The van der Waals surface area contributed by atoms with Gasteiger partial charge in [0.15, 0.2) is 0 Å². The quantitative estimate of drug-likeness (QED) is 0.806. The summed E-state index contributed by atoms with van der Waals surface area (Å²) >= 11 is 0. The van der Waals surface area contributed by atoms with Crippen LogP contribution in [-0.2, 0) is 0 Å². The lowest BCUT2D eigenvalue weighted by Crippen LogP contribution is -2.38. The Balaban J connectivity index is 2.30. The average Bonchev–Trinajstić information content (AvgIpc) is 3.21. The smallest absolute Gasteiger partial charge is 0.264 e. The first-order valence-corrected chi connectivity index (χ1v) is 7.09. The van der Waals surface area contributed by atoms with Gasteiger partial charge in [0.1, 0.15) is 11.4 Å². The summed E-state index contributed by atoms with van der Waals surface area (Å²) in [6.45, 7) is 4.27. The van der Waals surface area contributed by atoms with Crippen LogP contribution in [0.5, 0.6) is 0 Å². The fraction of sp³-hybridized carbons (Fsp3) is 0.643. The lowest BCUT2D eigenvalue weighted by atomic mass is 10.2. The summed E-state index contributed by atoms with van der Waals surface area (Å²) < 4.78 is 0. The van der Waals surface area contributed by atoms with Crippen molar-refractivity contribution in [3.63, 3.8) is 0 Å². The summed E-state index contributed by atoms with van der Waals surface area (Å²) in [6.07, 6.45) is 2.86. The number of hydrogen-bond donors (Lipinski definition) is 2. The molecule has 0 radical (unpaired) electrons. The Labute approximate surface area is 117 Å². The molecule has 2 rings (SSSR count). The molecule has 1 heterocycles. The van der Waals surface area contributed by atoms with Crippen molar-refractivity contribution < 1.29 is 9.90 Å². The third-order valence-electron chi connectivity index (χ3n) is 3.45. The normalized spacial score (nSPS) is 14.3. The maximum atomic E-state index is 12.4. The summed E-state index contributed by atoms with van der Waals surface area (Å²) in [5.74, 6) is 0.678. The Bertz CT molecular complexity index is 543. The monoisotopic (exact) mass is 279 g/mol. The van der Waals surface area contributed by atoms with Gasteiger partial charge in [-0.25, -0.2) is 4.98 Å². The molecule has 6 nitrogen and oxygen atoms in total. The molecule has 1 aliphatic rings. The number of aryl methyl sites for hydroxylation is 1. The van der Waals surface area contributed by atoms with Gasteiger partial charge in [-0.3, -0.25) is 9.59 Å². The van der Waals surface area contributed by atoms with Crippen molar-refractivity contribution in [2.45, 2.75) is 39.0 Å². The van der Waals surface area contributed by atoms with Crippen LogP contribution < -0.4 is 5.56 Å². The maximum Gasteiger partial charge on any atom is 0.264 e. The number of aromatic nitrogens is 2. The molecule has 1 aromatic rings. The molecule has 1 aromatic heterocycles. The minimum absolute atomic E-state index is 0.0938. The predicted molar refractivity (Wildman–Crippen MR) is 74.9 cm³/mol. The molecular weight excluding hydrogens is 258 g/mol. The molecule has 0 aliphatic heterocycles. The van der Waals surface area contributed by atoms with Crippen molar-refractivity contribution >= 4 is 5.91 Å². The van der Waals surface area contributed by atoms with Crippen LogP contribution in [0.15, 0.2) is 4.79 Å². The first-order valence-electron chi connectivity index (χ1n) is 7.09. The Kier molecular flexibility index (Phi) is 4.54. The van der Waals surface area contributed by atoms with Gasteiger partial charge >= 0.3 is 0 Å². The van der Waals surface area contributed by atoms with Crippen LogP contribution in [0.2, 0.25) is 0 Å². The van der Waals surface area contributed by atoms with Crippen molar-refractivity contribution in [3.05, 3.63) is 27.4 Å². The Morgan fingerprint density at radius 3 is 2.65 bits per heavy atom. The fourth-order valence-electron chi connectivity index (χ4n) is 2.27. The molecule has 1 aliphatic carbocycles. The number of carbonyl (C=O) groups excluding carboxylic acids is 1. The van der Waals surface area contributed by atoms with E-state index in [-0.39, 0.29) is 30.2 Å². The molecule has 0 atom stereocenters. The van der Waals surface area contributed by atoms with Crippen molar-refractivity contribution in [2.24, 2.45) is 0 Å². The summed E-state index contributed by atoms with van der Waals surface area (Å²) in [5, 5.41) is 9.03. The SMILES string of the molecule is CCCN(CCO)C(=O)c1c(C)nc(C2CC2)[nH]c1=O. The van der Waals surface area contributed by atoms with E-state index >= 15 is 0 Å². The van der Waals surface area contributed by atoms with E-state index in [0.29, 0.717) is 24.0 Å². The number of aliphatic hydroxyl groups is 1. The number of nitrogens with zero attached hydrogens (tertiary/aromatic N) is 2. The van der Waals surface area contributed by atoms with Crippen LogP contribution in [0.1, 0.15) is 54.0 Å². The van der Waals surface area contributed by atoms with E-state index in [9.17, 15) is 9.59 Å². The number of aromatic amines is 1. The highest BCUT2D eigenvalue weighted by Crippen LogP contribution is 2.37. The molecule has 0 spiro atoms. The van der Waals surface area contributed by atoms with E-state index in [1.165, 1.54) is 4.90 Å². The first kappa shape index (κ1) is 14.7. The number of rotatable bonds is 6. The van der Waals surface area contributed by atoms with Crippen molar-refractivity contribution in [2.75, 3.05) is 19.7 Å². The average molecular weight is 279 g/mol. The van der Waals surface area contributed by atoms with Crippen LogP contribution in [-0.4, -0.2) is 45.6 Å². The highest BCUT2D eigenvalue weighted by Gasteiger charge is 2.28. The highest BCUT2D eigenvalue weighted by molar-refractivity contribution is 5.94. The molecule has 1 fully saturated rings. The largest absolute Gasteiger partial charge is 0.395 e. The Morgan fingerprint density at radius 2 is 2.15 bits per heavy atom. The van der Waals surface area contributed by atoms with Gasteiger partial charge in [-0.2, -0.15) is 0 Å². The van der Waals surface area contributed by atoms with Gasteiger partial charge in [0.25, 0.3) is 11.5 Å². The predicted octanol–water partition coefficient (Wildman–Crippen LogP) is 0.800. The zero-order valence-corrected chi connectivity index (χ0v) is 12.0. The lowest BCUT2D eigenvalue weighted by molar-refractivity contribution is 0.0718. The van der Waals surface area contributed by atoms with Crippen LogP contribution in [0, 0.1) is 6.92 Å². The molecule has 1 saturated carbocycles. The molecule has 0 saturated heterocycles. The second kappa shape index (κ2) is 6.17. The van der Waals surface area contributed by atoms with E-state index in [0.717, 1.165) is 19.3 Å². The minimum atomic E-state index is -0.372. The number of H-pyrrole nitrogens is 1. The van der Waals surface area contributed by atoms with Gasteiger partial charge in [-0.1, -0.05) is 6.92 Å². The molecule has 1 amide bonds. The number of carbonyl (C=O) groups is 1. The standard InChI is InChI=1S/C14H21N3O3/c1-3-6-17(7-8-18)14(20)11-9(2)15-12(10-4-5-10)16-13(11)19/h10,18H,3-8H2,1-2H3,(H,15,16,19).